The minimum absolute atomic E-state index is 0.680. The summed E-state index contributed by atoms with van der Waals surface area (Å²) in [6.07, 6.45) is -0.989. The van der Waals surface area contributed by atoms with Gasteiger partial charge in [-0.25, -0.2) is 9.13 Å². The Labute approximate surface area is 105 Å². The molecule has 0 radical (unpaired) electrons. The van der Waals surface area contributed by atoms with Gasteiger partial charge < -0.3 is 5.11 Å². The van der Waals surface area contributed by atoms with Gasteiger partial charge in [-0.1, -0.05) is 48.5 Å². The zero-order valence-corrected chi connectivity index (χ0v) is 10.4. The fourth-order valence-corrected chi connectivity index (χ4v) is 3.41. The van der Waals surface area contributed by atoms with Gasteiger partial charge in [-0.05, 0) is 22.3 Å². The molecule has 0 saturated heterocycles. The summed E-state index contributed by atoms with van der Waals surface area (Å²) in [4.78, 5) is 0. The molecule has 0 bridgehead atoms. The third kappa shape index (κ3) is 1.56. The minimum atomic E-state index is -2.72. The molecule has 1 aliphatic rings. The van der Waals surface area contributed by atoms with Crippen LogP contribution in [-0.2, 0) is 9.13 Å². The van der Waals surface area contributed by atoms with E-state index in [0.717, 1.165) is 11.1 Å². The molecule has 0 aliphatic heterocycles. The van der Waals surface area contributed by atoms with Crippen LogP contribution in [0.15, 0.2) is 48.5 Å². The lowest BCUT2D eigenvalue weighted by molar-refractivity contribution is 0.169. The summed E-state index contributed by atoms with van der Waals surface area (Å²) >= 11 is 0. The molecule has 3 nitrogen and oxygen atoms in total. The zero-order valence-electron chi connectivity index (χ0n) is 9.48. The Balaban J connectivity index is 2.35. The van der Waals surface area contributed by atoms with Gasteiger partial charge in [0.2, 0.25) is 0 Å². The quantitative estimate of drug-likeness (QED) is 0.795. The molecule has 18 heavy (non-hydrogen) atoms. The minimum Gasteiger partial charge on any atom is -0.387 e. The molecule has 4 heteroatoms. The number of aliphatic hydroxyl groups excluding tert-OH is 1. The van der Waals surface area contributed by atoms with Crippen molar-refractivity contribution in [1.82, 2.24) is 0 Å². The first-order chi connectivity index (χ1) is 8.70. The molecule has 90 valence electrons. The summed E-state index contributed by atoms with van der Waals surface area (Å²) in [6, 6.07) is 14.7. The molecule has 0 amide bonds. The Bertz CT molecular complexity index is 668. The third-order valence-electron chi connectivity index (χ3n) is 3.38. The predicted molar refractivity (Wildman–Crippen MR) is 67.9 cm³/mol. The van der Waals surface area contributed by atoms with Crippen molar-refractivity contribution in [2.45, 2.75) is 11.8 Å². The molecular formula is C14H11O3P. The first kappa shape index (κ1) is 11.4. The van der Waals surface area contributed by atoms with Gasteiger partial charge in [0.15, 0.2) is 0 Å². The third-order valence-corrected chi connectivity index (χ3v) is 4.39. The number of benzene rings is 2. The summed E-state index contributed by atoms with van der Waals surface area (Å²) in [5.74, 6) is 0. The molecule has 1 aliphatic carbocycles. The van der Waals surface area contributed by atoms with Crippen molar-refractivity contribution in [2.75, 3.05) is 0 Å². The van der Waals surface area contributed by atoms with Crippen molar-refractivity contribution in [1.29, 1.82) is 0 Å². The van der Waals surface area contributed by atoms with E-state index in [1.54, 1.807) is 18.2 Å². The van der Waals surface area contributed by atoms with Crippen molar-refractivity contribution in [3.63, 3.8) is 0 Å². The first-order valence-corrected chi connectivity index (χ1v) is 6.94. The smallest absolute Gasteiger partial charge is 0.326 e. The van der Waals surface area contributed by atoms with Crippen molar-refractivity contribution in [2.24, 2.45) is 0 Å². The highest BCUT2D eigenvalue weighted by atomic mass is 31.1. The van der Waals surface area contributed by atoms with Gasteiger partial charge >= 0.3 is 7.68 Å². The first-order valence-electron chi connectivity index (χ1n) is 5.70. The molecule has 3 rings (SSSR count). The van der Waals surface area contributed by atoms with E-state index in [1.165, 1.54) is 0 Å². The van der Waals surface area contributed by atoms with Crippen LogP contribution in [0, 0.1) is 0 Å². The molecule has 0 aromatic heterocycles. The molecule has 2 aromatic rings. The van der Waals surface area contributed by atoms with E-state index < -0.39 is 19.4 Å². The van der Waals surface area contributed by atoms with Crippen LogP contribution in [0.25, 0.3) is 11.1 Å². The largest absolute Gasteiger partial charge is 0.387 e. The highest BCUT2D eigenvalue weighted by Crippen LogP contribution is 2.51. The van der Waals surface area contributed by atoms with Crippen molar-refractivity contribution in [3.8, 4) is 11.1 Å². The fourth-order valence-electron chi connectivity index (χ4n) is 2.57. The van der Waals surface area contributed by atoms with Crippen LogP contribution in [0.1, 0.15) is 22.9 Å². The molecule has 0 heterocycles. The van der Waals surface area contributed by atoms with Gasteiger partial charge in [0, 0.05) is 0 Å². The number of hydrogen-bond acceptors (Lipinski definition) is 3. The van der Waals surface area contributed by atoms with Crippen LogP contribution in [0.4, 0.5) is 0 Å². The number of rotatable bonds is 1. The summed E-state index contributed by atoms with van der Waals surface area (Å²) in [5.41, 5.74) is 2.31. The second-order valence-corrected chi connectivity index (χ2v) is 5.48. The van der Waals surface area contributed by atoms with E-state index in [9.17, 15) is 14.2 Å². The zero-order chi connectivity index (χ0) is 12.7. The Morgan fingerprint density at radius 2 is 1.33 bits per heavy atom. The Hall–Kier alpha value is -1.70. The van der Waals surface area contributed by atoms with E-state index in [1.807, 2.05) is 30.3 Å². The Morgan fingerprint density at radius 3 is 1.94 bits per heavy atom. The molecule has 2 unspecified atom stereocenters. The molecule has 2 atom stereocenters. The average Bonchev–Trinajstić information content (AvgIpc) is 2.39. The van der Waals surface area contributed by atoms with Crippen molar-refractivity contribution in [3.05, 3.63) is 59.7 Å². The van der Waals surface area contributed by atoms with E-state index >= 15 is 0 Å². The maximum absolute atomic E-state index is 11.4. The van der Waals surface area contributed by atoms with Crippen LogP contribution in [-0.4, -0.2) is 5.11 Å². The van der Waals surface area contributed by atoms with Crippen LogP contribution >= 0.6 is 7.68 Å². The molecule has 0 spiro atoms. The molecule has 0 saturated carbocycles. The predicted octanol–water partition coefficient (Wildman–Crippen LogP) is 3.61. The molecule has 0 fully saturated rings. The number of aliphatic hydroxyl groups is 1. The summed E-state index contributed by atoms with van der Waals surface area (Å²) in [6.45, 7) is 0. The summed E-state index contributed by atoms with van der Waals surface area (Å²) in [7, 11) is -2.72. The Kier molecular flexibility index (Phi) is 2.66. The van der Waals surface area contributed by atoms with E-state index in [-0.39, 0.29) is 0 Å². The average molecular weight is 258 g/mol. The highest BCUT2D eigenvalue weighted by molar-refractivity contribution is 7.31. The van der Waals surface area contributed by atoms with E-state index in [0.29, 0.717) is 11.1 Å². The van der Waals surface area contributed by atoms with Gasteiger partial charge in [0.1, 0.15) is 5.66 Å². The lowest BCUT2D eigenvalue weighted by Gasteiger charge is -2.28. The van der Waals surface area contributed by atoms with Crippen LogP contribution in [0.5, 0.6) is 0 Å². The topological polar surface area (TPSA) is 54.4 Å². The number of fused-ring (bicyclic) bond motifs is 3. The lowest BCUT2D eigenvalue weighted by Crippen LogP contribution is -2.14. The SMILES string of the molecule is O=P(=O)C1c2ccccc2-c2ccccc2C1O. The van der Waals surface area contributed by atoms with Crippen molar-refractivity contribution < 1.29 is 14.2 Å². The summed E-state index contributed by atoms with van der Waals surface area (Å²) < 4.78 is 22.8. The van der Waals surface area contributed by atoms with Gasteiger partial charge in [-0.3, -0.25) is 0 Å². The standard InChI is InChI=1S/C14H11O3P/c15-13-11-7-3-1-5-9(11)10-6-2-4-8-12(10)14(13)18(16)17/h1-8,13-15H. The second kappa shape index (κ2) is 4.20. The highest BCUT2D eigenvalue weighted by Gasteiger charge is 2.35. The molecule has 2 aromatic carbocycles. The Morgan fingerprint density at radius 1 is 0.833 bits per heavy atom. The fraction of sp³-hybridized carbons (Fsp3) is 0.143. The van der Waals surface area contributed by atoms with Gasteiger partial charge in [0.05, 0.1) is 6.10 Å². The monoisotopic (exact) mass is 258 g/mol. The second-order valence-electron chi connectivity index (χ2n) is 4.35. The van der Waals surface area contributed by atoms with Crippen molar-refractivity contribution >= 4 is 7.68 Å². The molecular weight excluding hydrogens is 247 g/mol. The van der Waals surface area contributed by atoms with E-state index in [4.69, 9.17) is 0 Å². The maximum atomic E-state index is 11.4. The van der Waals surface area contributed by atoms with Gasteiger partial charge in [-0.2, -0.15) is 0 Å². The van der Waals surface area contributed by atoms with E-state index in [2.05, 4.69) is 0 Å². The normalized spacial score (nSPS) is 20.9. The van der Waals surface area contributed by atoms with Crippen LogP contribution in [0.2, 0.25) is 0 Å². The summed E-state index contributed by atoms with van der Waals surface area (Å²) in [5, 5.41) is 10.3. The van der Waals surface area contributed by atoms with Gasteiger partial charge in [-0.15, -0.1) is 0 Å². The van der Waals surface area contributed by atoms with Gasteiger partial charge in [0.25, 0.3) is 0 Å². The maximum Gasteiger partial charge on any atom is 0.326 e. The number of hydrogen-bond donors (Lipinski definition) is 1. The molecule has 1 N–H and O–H groups in total. The lowest BCUT2D eigenvalue weighted by atomic mass is 9.83. The van der Waals surface area contributed by atoms with Crippen LogP contribution < -0.4 is 0 Å². The van der Waals surface area contributed by atoms with Crippen LogP contribution in [0.3, 0.4) is 0 Å².